The number of piperidine rings is 1. The summed E-state index contributed by atoms with van der Waals surface area (Å²) < 4.78 is 5.03. The van der Waals surface area contributed by atoms with Gasteiger partial charge < -0.3 is 26.0 Å². The lowest BCUT2D eigenvalue weighted by molar-refractivity contribution is -0.139. The zero-order valence-electron chi connectivity index (χ0n) is 13.1. The summed E-state index contributed by atoms with van der Waals surface area (Å²) in [5.74, 6) is -1.88. The zero-order valence-corrected chi connectivity index (χ0v) is 13.1. The van der Waals surface area contributed by atoms with Gasteiger partial charge in [-0.05, 0) is 32.1 Å². The minimum Gasteiger partial charge on any atom is -0.480 e. The van der Waals surface area contributed by atoms with Gasteiger partial charge in [0.2, 0.25) is 0 Å². The molecule has 9 nitrogen and oxygen atoms in total. The number of carboxylic acids is 2. The van der Waals surface area contributed by atoms with Gasteiger partial charge >= 0.3 is 18.0 Å². The van der Waals surface area contributed by atoms with Crippen molar-refractivity contribution in [2.24, 2.45) is 5.73 Å². The van der Waals surface area contributed by atoms with E-state index in [0.717, 1.165) is 0 Å². The molecular formula is C14H25N3O6. The van der Waals surface area contributed by atoms with Crippen LogP contribution in [0.4, 0.5) is 4.79 Å². The Labute approximate surface area is 134 Å². The number of carbonyl (C=O) groups excluding carboxylic acids is 1. The Kier molecular flexibility index (Phi) is 8.35. The molecule has 0 aromatic heterocycles. The highest BCUT2D eigenvalue weighted by Crippen LogP contribution is 2.10. The average molecular weight is 331 g/mol. The van der Waals surface area contributed by atoms with Crippen LogP contribution < -0.4 is 11.1 Å². The van der Waals surface area contributed by atoms with Crippen molar-refractivity contribution in [2.75, 3.05) is 26.2 Å². The number of hydrogen-bond acceptors (Lipinski definition) is 6. The van der Waals surface area contributed by atoms with E-state index < -0.39 is 24.1 Å². The first-order chi connectivity index (χ1) is 10.9. The van der Waals surface area contributed by atoms with Gasteiger partial charge in [-0.15, -0.1) is 0 Å². The van der Waals surface area contributed by atoms with Gasteiger partial charge in [0, 0.05) is 19.1 Å². The van der Waals surface area contributed by atoms with Gasteiger partial charge in [-0.25, -0.2) is 4.79 Å². The normalized spacial score (nSPS) is 17.4. The first kappa shape index (κ1) is 19.2. The second-order valence-corrected chi connectivity index (χ2v) is 5.66. The summed E-state index contributed by atoms with van der Waals surface area (Å²) >= 11 is 0. The lowest BCUT2D eigenvalue weighted by atomic mass is 10.1. The molecule has 0 spiro atoms. The standard InChI is InChI=1S/C14H25N3O6/c15-11(13(20)21)3-1-2-8-23-14(22)16-10-4-6-17(7-5-10)9-12(18)19/h10-11H,1-9,15H2,(H,16,22)(H,18,19)(H,20,21)/t11-/m1/s1. The summed E-state index contributed by atoms with van der Waals surface area (Å²) in [7, 11) is 0. The Balaban J connectivity index is 2.06. The van der Waals surface area contributed by atoms with Gasteiger partial charge in [0.1, 0.15) is 6.04 Å². The molecule has 1 heterocycles. The number of alkyl carbamates (subject to hydrolysis) is 1. The van der Waals surface area contributed by atoms with E-state index >= 15 is 0 Å². The minimum atomic E-state index is -1.03. The lowest BCUT2D eigenvalue weighted by Crippen LogP contribution is -2.46. The highest BCUT2D eigenvalue weighted by atomic mass is 16.5. The number of hydrogen-bond donors (Lipinski definition) is 4. The first-order valence-corrected chi connectivity index (χ1v) is 7.74. The van der Waals surface area contributed by atoms with Crippen LogP contribution in [0.2, 0.25) is 0 Å². The highest BCUT2D eigenvalue weighted by molar-refractivity contribution is 5.73. The summed E-state index contributed by atoms with van der Waals surface area (Å²) in [5, 5.41) is 20.1. The van der Waals surface area contributed by atoms with Gasteiger partial charge in [0.15, 0.2) is 0 Å². The Morgan fingerprint density at radius 2 is 1.87 bits per heavy atom. The quantitative estimate of drug-likeness (QED) is 0.427. The number of amides is 1. The molecule has 0 saturated carbocycles. The van der Waals surface area contributed by atoms with Crippen molar-refractivity contribution in [1.29, 1.82) is 0 Å². The SMILES string of the molecule is N[C@H](CCCCOC(=O)NC1CCN(CC(=O)O)CC1)C(=O)O. The van der Waals surface area contributed by atoms with E-state index in [0.29, 0.717) is 45.2 Å². The molecule has 1 aliphatic rings. The number of carboxylic acid groups (broad SMARTS) is 2. The third kappa shape index (κ3) is 8.36. The number of rotatable bonds is 9. The van der Waals surface area contributed by atoms with Crippen molar-refractivity contribution in [2.45, 2.75) is 44.2 Å². The maximum Gasteiger partial charge on any atom is 0.407 e. The molecule has 1 aliphatic heterocycles. The van der Waals surface area contributed by atoms with Gasteiger partial charge in [-0.1, -0.05) is 0 Å². The van der Waals surface area contributed by atoms with Crippen LogP contribution in [0.3, 0.4) is 0 Å². The predicted molar refractivity (Wildman–Crippen MR) is 81.0 cm³/mol. The molecule has 0 aliphatic carbocycles. The Morgan fingerprint density at radius 1 is 1.22 bits per heavy atom. The molecule has 5 N–H and O–H groups in total. The Bertz CT molecular complexity index is 409. The van der Waals surface area contributed by atoms with Crippen LogP contribution in [0.5, 0.6) is 0 Å². The molecule has 0 aromatic rings. The van der Waals surface area contributed by atoms with E-state index in [1.165, 1.54) is 0 Å². The molecule has 0 radical (unpaired) electrons. The number of likely N-dealkylation sites (tertiary alicyclic amines) is 1. The molecule has 1 atom stereocenters. The number of aliphatic carboxylic acids is 2. The van der Waals surface area contributed by atoms with Crippen molar-refractivity contribution in [1.82, 2.24) is 10.2 Å². The molecule has 1 amide bonds. The van der Waals surface area contributed by atoms with Crippen molar-refractivity contribution >= 4 is 18.0 Å². The molecule has 0 aromatic carbocycles. The number of nitrogens with zero attached hydrogens (tertiary/aromatic N) is 1. The molecule has 9 heteroatoms. The first-order valence-electron chi connectivity index (χ1n) is 7.74. The summed E-state index contributed by atoms with van der Waals surface area (Å²) in [5.41, 5.74) is 5.36. The number of unbranched alkanes of at least 4 members (excludes halogenated alkanes) is 1. The fraction of sp³-hybridized carbons (Fsp3) is 0.786. The predicted octanol–water partition coefficient (Wildman–Crippen LogP) is -0.156. The van der Waals surface area contributed by atoms with Crippen LogP contribution >= 0.6 is 0 Å². The highest BCUT2D eigenvalue weighted by Gasteiger charge is 2.22. The molecular weight excluding hydrogens is 306 g/mol. The van der Waals surface area contributed by atoms with Crippen LogP contribution in [-0.2, 0) is 14.3 Å². The topological polar surface area (TPSA) is 142 Å². The van der Waals surface area contributed by atoms with E-state index in [-0.39, 0.29) is 19.2 Å². The summed E-state index contributed by atoms with van der Waals surface area (Å²) in [4.78, 5) is 34.6. The van der Waals surface area contributed by atoms with Gasteiger partial charge in [0.05, 0.1) is 13.2 Å². The summed E-state index contributed by atoms with van der Waals surface area (Å²) in [6.45, 7) is 1.50. The maximum atomic E-state index is 11.6. The summed E-state index contributed by atoms with van der Waals surface area (Å²) in [6, 6.07) is -0.882. The van der Waals surface area contributed by atoms with Crippen LogP contribution in [-0.4, -0.2) is 71.5 Å². The molecule has 0 unspecified atom stereocenters. The third-order valence-electron chi connectivity index (χ3n) is 3.73. The van der Waals surface area contributed by atoms with Crippen LogP contribution in [0.15, 0.2) is 0 Å². The van der Waals surface area contributed by atoms with Crippen molar-refractivity contribution in [3.05, 3.63) is 0 Å². The van der Waals surface area contributed by atoms with E-state index in [4.69, 9.17) is 20.7 Å². The van der Waals surface area contributed by atoms with Crippen molar-refractivity contribution in [3.63, 3.8) is 0 Å². The number of carbonyl (C=O) groups is 3. The van der Waals surface area contributed by atoms with E-state index in [1.807, 2.05) is 4.90 Å². The van der Waals surface area contributed by atoms with Crippen LogP contribution in [0.25, 0.3) is 0 Å². The Morgan fingerprint density at radius 3 is 2.43 bits per heavy atom. The molecule has 1 rings (SSSR count). The fourth-order valence-electron chi connectivity index (χ4n) is 2.39. The average Bonchev–Trinajstić information content (AvgIpc) is 2.48. The van der Waals surface area contributed by atoms with Crippen LogP contribution in [0.1, 0.15) is 32.1 Å². The number of nitrogens with one attached hydrogen (secondary N) is 1. The van der Waals surface area contributed by atoms with Gasteiger partial charge in [-0.3, -0.25) is 14.5 Å². The van der Waals surface area contributed by atoms with Gasteiger partial charge in [0.25, 0.3) is 0 Å². The minimum absolute atomic E-state index is 0.00650. The molecule has 1 saturated heterocycles. The van der Waals surface area contributed by atoms with Crippen molar-refractivity contribution < 1.29 is 29.3 Å². The third-order valence-corrected chi connectivity index (χ3v) is 3.73. The smallest absolute Gasteiger partial charge is 0.407 e. The van der Waals surface area contributed by atoms with E-state index in [9.17, 15) is 14.4 Å². The van der Waals surface area contributed by atoms with Crippen LogP contribution in [0, 0.1) is 0 Å². The molecule has 23 heavy (non-hydrogen) atoms. The molecule has 0 bridgehead atoms. The largest absolute Gasteiger partial charge is 0.480 e. The Hall–Kier alpha value is -1.87. The van der Waals surface area contributed by atoms with E-state index in [1.54, 1.807) is 0 Å². The second-order valence-electron chi connectivity index (χ2n) is 5.66. The summed E-state index contributed by atoms with van der Waals surface area (Å²) in [6.07, 6.45) is 2.37. The molecule has 132 valence electrons. The number of nitrogens with two attached hydrogens (primary N) is 1. The second kappa shape index (κ2) is 10.0. The van der Waals surface area contributed by atoms with Crippen molar-refractivity contribution in [3.8, 4) is 0 Å². The fourth-order valence-corrected chi connectivity index (χ4v) is 2.39. The van der Waals surface area contributed by atoms with Gasteiger partial charge in [-0.2, -0.15) is 0 Å². The molecule has 1 fully saturated rings. The number of ether oxygens (including phenoxy) is 1. The maximum absolute atomic E-state index is 11.6. The monoisotopic (exact) mass is 331 g/mol. The lowest BCUT2D eigenvalue weighted by Gasteiger charge is -2.30. The van der Waals surface area contributed by atoms with E-state index in [2.05, 4.69) is 5.32 Å². The zero-order chi connectivity index (χ0) is 17.2.